The highest BCUT2D eigenvalue weighted by atomic mass is 16.5. The second-order valence-corrected chi connectivity index (χ2v) is 6.93. The molecule has 0 spiro atoms. The largest absolute Gasteiger partial charge is 0.463 e. The first-order valence-corrected chi connectivity index (χ1v) is 8.17. The third-order valence-electron chi connectivity index (χ3n) is 3.67. The van der Waals surface area contributed by atoms with E-state index in [1.54, 1.807) is 13.0 Å². The number of aliphatic hydroxyl groups excluding tert-OH is 1. The zero-order chi connectivity index (χ0) is 16.9. The van der Waals surface area contributed by atoms with E-state index in [1.165, 1.54) is 0 Å². The lowest BCUT2D eigenvalue weighted by Gasteiger charge is -2.38. The monoisotopic (exact) mass is 313 g/mol. The SMILES string of the molecule is CCOC(=O)C1=C[C@@H](OC(C)CC)[C@@H](O)[C@H](NC(C)(C)C)C1. The van der Waals surface area contributed by atoms with Gasteiger partial charge in [0.25, 0.3) is 0 Å². The molecule has 0 aromatic rings. The summed E-state index contributed by atoms with van der Waals surface area (Å²) in [5.41, 5.74) is 0.408. The number of hydrogen-bond donors (Lipinski definition) is 2. The molecule has 0 bridgehead atoms. The molecule has 2 N–H and O–H groups in total. The molecule has 0 aromatic carbocycles. The molecule has 0 heterocycles. The summed E-state index contributed by atoms with van der Waals surface area (Å²) in [6.07, 6.45) is 1.85. The molecule has 5 heteroatoms. The molecule has 1 aliphatic rings. The first kappa shape index (κ1) is 19.1. The Morgan fingerprint density at radius 3 is 2.59 bits per heavy atom. The Bertz CT molecular complexity index is 400. The van der Waals surface area contributed by atoms with E-state index in [0.717, 1.165) is 6.42 Å². The van der Waals surface area contributed by atoms with Crippen LogP contribution in [0.25, 0.3) is 0 Å². The third-order valence-corrected chi connectivity index (χ3v) is 3.67. The number of ether oxygens (including phenoxy) is 2. The van der Waals surface area contributed by atoms with Crippen LogP contribution in [0.4, 0.5) is 0 Å². The van der Waals surface area contributed by atoms with Gasteiger partial charge in [-0.2, -0.15) is 0 Å². The van der Waals surface area contributed by atoms with Gasteiger partial charge in [-0.05, 0) is 53.5 Å². The molecule has 0 aromatic heterocycles. The van der Waals surface area contributed by atoms with Crippen LogP contribution >= 0.6 is 0 Å². The van der Waals surface area contributed by atoms with Gasteiger partial charge in [0.2, 0.25) is 0 Å². The van der Waals surface area contributed by atoms with Crippen LogP contribution in [0.3, 0.4) is 0 Å². The Labute approximate surface area is 134 Å². The Kier molecular flexibility index (Phi) is 7.03. The predicted octanol–water partition coefficient (Wildman–Crippen LogP) is 2.18. The van der Waals surface area contributed by atoms with Crippen molar-refractivity contribution < 1.29 is 19.4 Å². The maximum absolute atomic E-state index is 12.1. The highest BCUT2D eigenvalue weighted by Crippen LogP contribution is 2.25. The number of aliphatic hydroxyl groups is 1. The average Bonchev–Trinajstić information content (AvgIpc) is 2.41. The lowest BCUT2D eigenvalue weighted by molar-refractivity contribution is -0.139. The first-order valence-electron chi connectivity index (χ1n) is 8.17. The molecule has 128 valence electrons. The maximum atomic E-state index is 12.1. The summed E-state index contributed by atoms with van der Waals surface area (Å²) in [4.78, 5) is 12.1. The van der Waals surface area contributed by atoms with Crippen molar-refractivity contribution in [2.24, 2.45) is 0 Å². The van der Waals surface area contributed by atoms with Gasteiger partial charge >= 0.3 is 5.97 Å². The molecule has 22 heavy (non-hydrogen) atoms. The number of carbonyl (C=O) groups is 1. The number of nitrogens with one attached hydrogen (secondary N) is 1. The standard InChI is InChI=1S/C17H31NO4/c1-7-11(3)22-14-10-12(16(20)21-8-2)9-13(15(14)19)18-17(4,5)6/h10-11,13-15,18-19H,7-9H2,1-6H3/t11?,13-,14-,15+/m1/s1. The highest BCUT2D eigenvalue weighted by Gasteiger charge is 2.37. The van der Waals surface area contributed by atoms with Crippen LogP contribution in [0.2, 0.25) is 0 Å². The lowest BCUT2D eigenvalue weighted by atomic mass is 9.88. The second kappa shape index (κ2) is 8.09. The van der Waals surface area contributed by atoms with E-state index in [0.29, 0.717) is 18.6 Å². The quantitative estimate of drug-likeness (QED) is 0.736. The molecular weight excluding hydrogens is 282 g/mol. The summed E-state index contributed by atoms with van der Waals surface area (Å²) in [5.74, 6) is -0.326. The summed E-state index contributed by atoms with van der Waals surface area (Å²) >= 11 is 0. The Hall–Kier alpha value is -0.910. The number of esters is 1. The fourth-order valence-electron chi connectivity index (χ4n) is 2.50. The summed E-state index contributed by atoms with van der Waals surface area (Å²) in [5, 5.41) is 14.0. The molecule has 0 radical (unpaired) electrons. The topological polar surface area (TPSA) is 67.8 Å². The number of carbonyl (C=O) groups excluding carboxylic acids is 1. The van der Waals surface area contributed by atoms with E-state index in [2.05, 4.69) is 5.32 Å². The zero-order valence-electron chi connectivity index (χ0n) is 14.7. The molecule has 0 saturated heterocycles. The Balaban J connectivity index is 2.96. The molecule has 4 atom stereocenters. The minimum Gasteiger partial charge on any atom is -0.463 e. The second-order valence-electron chi connectivity index (χ2n) is 6.93. The molecule has 0 amide bonds. The first-order chi connectivity index (χ1) is 10.2. The minimum atomic E-state index is -0.689. The fraction of sp³-hybridized carbons (Fsp3) is 0.824. The van der Waals surface area contributed by atoms with Crippen molar-refractivity contribution in [3.63, 3.8) is 0 Å². The smallest absolute Gasteiger partial charge is 0.333 e. The van der Waals surface area contributed by atoms with Gasteiger partial charge in [-0.15, -0.1) is 0 Å². The molecule has 0 fully saturated rings. The van der Waals surface area contributed by atoms with Crippen molar-refractivity contribution >= 4 is 5.97 Å². The van der Waals surface area contributed by atoms with Crippen LogP contribution in [0.15, 0.2) is 11.6 Å². The van der Waals surface area contributed by atoms with Crippen molar-refractivity contribution in [3.8, 4) is 0 Å². The molecule has 0 saturated carbocycles. The third kappa shape index (κ3) is 5.71. The van der Waals surface area contributed by atoms with Crippen LogP contribution in [-0.2, 0) is 14.3 Å². The van der Waals surface area contributed by atoms with Crippen molar-refractivity contribution in [3.05, 3.63) is 11.6 Å². The normalized spacial score (nSPS) is 27.2. The van der Waals surface area contributed by atoms with E-state index >= 15 is 0 Å². The fourth-order valence-corrected chi connectivity index (χ4v) is 2.50. The number of rotatable bonds is 6. The molecule has 5 nitrogen and oxygen atoms in total. The van der Waals surface area contributed by atoms with Gasteiger partial charge in [0, 0.05) is 17.2 Å². The van der Waals surface area contributed by atoms with Gasteiger partial charge < -0.3 is 19.9 Å². The van der Waals surface area contributed by atoms with Gasteiger partial charge in [0.1, 0.15) is 6.10 Å². The van der Waals surface area contributed by atoms with Crippen LogP contribution in [0.1, 0.15) is 54.4 Å². The van der Waals surface area contributed by atoms with Crippen LogP contribution in [0, 0.1) is 0 Å². The molecule has 1 rings (SSSR count). The van der Waals surface area contributed by atoms with Gasteiger partial charge in [0.15, 0.2) is 0 Å². The highest BCUT2D eigenvalue weighted by molar-refractivity contribution is 5.89. The Morgan fingerprint density at radius 2 is 2.09 bits per heavy atom. The van der Waals surface area contributed by atoms with Crippen LogP contribution in [-0.4, -0.2) is 47.6 Å². The molecule has 0 aliphatic heterocycles. The molecule has 1 aliphatic carbocycles. The van der Waals surface area contributed by atoms with E-state index in [4.69, 9.17) is 9.47 Å². The summed E-state index contributed by atoms with van der Waals surface area (Å²) in [6.45, 7) is 12.2. The van der Waals surface area contributed by atoms with Gasteiger partial charge in [0.05, 0.1) is 18.8 Å². The van der Waals surface area contributed by atoms with Gasteiger partial charge in [-0.25, -0.2) is 4.79 Å². The molecule has 1 unspecified atom stereocenters. The Morgan fingerprint density at radius 1 is 1.45 bits per heavy atom. The van der Waals surface area contributed by atoms with Gasteiger partial charge in [-0.1, -0.05) is 6.92 Å². The van der Waals surface area contributed by atoms with Gasteiger partial charge in [-0.3, -0.25) is 0 Å². The van der Waals surface area contributed by atoms with E-state index in [-0.39, 0.29) is 23.7 Å². The summed E-state index contributed by atoms with van der Waals surface area (Å²) in [7, 11) is 0. The van der Waals surface area contributed by atoms with E-state index < -0.39 is 12.2 Å². The van der Waals surface area contributed by atoms with Crippen molar-refractivity contribution in [1.82, 2.24) is 5.32 Å². The zero-order valence-corrected chi connectivity index (χ0v) is 14.7. The van der Waals surface area contributed by atoms with Crippen LogP contribution < -0.4 is 5.32 Å². The summed E-state index contributed by atoms with van der Waals surface area (Å²) < 4.78 is 11.0. The summed E-state index contributed by atoms with van der Waals surface area (Å²) in [6, 6.07) is -0.238. The maximum Gasteiger partial charge on any atom is 0.333 e. The van der Waals surface area contributed by atoms with Crippen molar-refractivity contribution in [2.45, 2.75) is 84.3 Å². The lowest BCUT2D eigenvalue weighted by Crippen LogP contribution is -2.55. The van der Waals surface area contributed by atoms with Crippen LogP contribution in [0.5, 0.6) is 0 Å². The van der Waals surface area contributed by atoms with E-state index in [9.17, 15) is 9.90 Å². The number of hydrogen-bond acceptors (Lipinski definition) is 5. The average molecular weight is 313 g/mol. The minimum absolute atomic E-state index is 0.0210. The van der Waals surface area contributed by atoms with E-state index in [1.807, 2.05) is 34.6 Å². The molecular formula is C17H31NO4. The predicted molar refractivity (Wildman–Crippen MR) is 86.6 cm³/mol. The van der Waals surface area contributed by atoms with Crippen molar-refractivity contribution in [2.75, 3.05) is 6.61 Å². The van der Waals surface area contributed by atoms with Crippen molar-refractivity contribution in [1.29, 1.82) is 0 Å².